The number of nitrogens with two attached hydrogens (primary N) is 1. The second-order valence-corrected chi connectivity index (χ2v) is 11.4. The van der Waals surface area contributed by atoms with E-state index in [0.717, 1.165) is 53.9 Å². The van der Waals surface area contributed by atoms with Crippen LogP contribution < -0.4 is 25.7 Å². The van der Waals surface area contributed by atoms with E-state index in [2.05, 4.69) is 20.5 Å². The molecule has 3 aromatic heterocycles. The Hall–Kier alpha value is -4.65. The molecule has 6 rings (SSSR count). The number of anilines is 1. The van der Waals surface area contributed by atoms with E-state index in [1.807, 2.05) is 6.07 Å². The molecule has 12 heteroatoms. The molecule has 1 amide bonds. The van der Waals surface area contributed by atoms with Crippen LogP contribution in [-0.4, -0.2) is 53.1 Å². The first-order valence-corrected chi connectivity index (χ1v) is 15.1. The predicted molar refractivity (Wildman–Crippen MR) is 164 cm³/mol. The normalized spacial score (nSPS) is 13.6. The number of pyridine rings is 2. The van der Waals surface area contributed by atoms with E-state index in [1.54, 1.807) is 30.5 Å². The minimum atomic E-state index is -0.781. The van der Waals surface area contributed by atoms with Gasteiger partial charge in [-0.2, -0.15) is 0 Å². The average molecular weight is 619 g/mol. The van der Waals surface area contributed by atoms with Crippen LogP contribution in [-0.2, 0) is 6.54 Å². The van der Waals surface area contributed by atoms with Gasteiger partial charge in [0.15, 0.2) is 11.6 Å². The van der Waals surface area contributed by atoms with E-state index in [9.17, 15) is 14.0 Å². The fraction of sp³-hybridized carbons (Fsp3) is 0.219. The maximum atomic E-state index is 15.3. The molecule has 1 fully saturated rings. The highest BCUT2D eigenvalue weighted by molar-refractivity contribution is 7.19. The van der Waals surface area contributed by atoms with Gasteiger partial charge in [0.2, 0.25) is 0 Å². The van der Waals surface area contributed by atoms with Crippen LogP contribution in [0.5, 0.6) is 17.2 Å². The molecule has 5 aromatic rings. The molecular weight excluding hydrogens is 588 g/mol. The fourth-order valence-electron chi connectivity index (χ4n) is 5.09. The third kappa shape index (κ3) is 6.32. The highest BCUT2D eigenvalue weighted by Crippen LogP contribution is 2.36. The van der Waals surface area contributed by atoms with E-state index in [1.165, 1.54) is 53.2 Å². The molecule has 0 saturated carbocycles. The maximum Gasteiger partial charge on any atom is 0.271 e. The fourth-order valence-corrected chi connectivity index (χ4v) is 6.19. The van der Waals surface area contributed by atoms with E-state index in [0.29, 0.717) is 11.4 Å². The second kappa shape index (κ2) is 12.9. The number of nitrogens with one attached hydrogen (secondary N) is 1. The second-order valence-electron chi connectivity index (χ2n) is 10.2. The van der Waals surface area contributed by atoms with Gasteiger partial charge in [0.25, 0.3) is 11.5 Å². The summed E-state index contributed by atoms with van der Waals surface area (Å²) in [4.78, 5) is 34.7. The summed E-state index contributed by atoms with van der Waals surface area (Å²) in [5.41, 5.74) is 0.339. The zero-order chi connectivity index (χ0) is 30.6. The first kappa shape index (κ1) is 29.4. The van der Waals surface area contributed by atoms with Crippen LogP contribution in [0.2, 0.25) is 0 Å². The molecule has 1 aliphatic rings. The van der Waals surface area contributed by atoms with Crippen molar-refractivity contribution in [3.8, 4) is 22.9 Å². The largest absolute Gasteiger partial charge is 0.493 e. The molecule has 4 heterocycles. The first-order valence-electron chi connectivity index (χ1n) is 14.2. The Morgan fingerprint density at radius 2 is 1.82 bits per heavy atom. The molecule has 0 atom stereocenters. The Labute approximate surface area is 255 Å². The highest BCUT2D eigenvalue weighted by Gasteiger charge is 2.21. The smallest absolute Gasteiger partial charge is 0.271 e. The summed E-state index contributed by atoms with van der Waals surface area (Å²) >= 11 is 1.58. The Bertz CT molecular complexity index is 1870. The number of carbonyl (C=O) groups is 1. The molecule has 0 radical (unpaired) electrons. The third-order valence-corrected chi connectivity index (χ3v) is 8.32. The maximum absolute atomic E-state index is 15.3. The summed E-state index contributed by atoms with van der Waals surface area (Å²) < 4.78 is 42.3. The molecule has 44 heavy (non-hydrogen) atoms. The number of fused-ring (bicyclic) bond motifs is 1. The van der Waals surface area contributed by atoms with Gasteiger partial charge in [-0.15, -0.1) is 11.3 Å². The third-order valence-electron chi connectivity index (χ3n) is 7.20. The van der Waals surface area contributed by atoms with Crippen LogP contribution in [0.15, 0.2) is 77.9 Å². The van der Waals surface area contributed by atoms with Crippen LogP contribution in [0.3, 0.4) is 0 Å². The van der Waals surface area contributed by atoms with Crippen molar-refractivity contribution in [1.82, 2.24) is 14.5 Å². The Morgan fingerprint density at radius 3 is 2.57 bits per heavy atom. The summed E-state index contributed by atoms with van der Waals surface area (Å²) in [5, 5.41) is 4.90. The zero-order valence-electron chi connectivity index (χ0n) is 23.9. The standard InChI is InChI=1S/C32H29F2N5O4S/c1-2-42-27-10-14-39(22-6-3-20(33)4-7-22)32(41)29(27)31(40)37-21-5-8-26(24(34)17-21)43-28-9-11-36-25-18-23(44-30(25)28)19-38-15-12-35-13-16-38/h3-11,14,17-18,35H,2,12-13,15-16,19H2,1H3,(H,37,40)/p+1. The molecule has 0 unspecified atom stereocenters. The summed E-state index contributed by atoms with van der Waals surface area (Å²) in [6.07, 6.45) is 3.08. The number of nitrogens with zero attached hydrogens (tertiary/aromatic N) is 3. The van der Waals surface area contributed by atoms with Crippen molar-refractivity contribution in [1.29, 1.82) is 0 Å². The number of hydrogen-bond donors (Lipinski definition) is 2. The van der Waals surface area contributed by atoms with Crippen molar-refractivity contribution >= 4 is 33.1 Å². The molecule has 226 valence electrons. The lowest BCUT2D eigenvalue weighted by molar-refractivity contribution is -0.663. The number of ether oxygens (including phenoxy) is 2. The van der Waals surface area contributed by atoms with Crippen molar-refractivity contribution in [2.45, 2.75) is 13.5 Å². The highest BCUT2D eigenvalue weighted by atomic mass is 32.1. The average Bonchev–Trinajstić information content (AvgIpc) is 3.43. The SMILES string of the molecule is CCOc1ccn(-c2ccc(F)cc2)c(=O)c1C(=O)Nc1ccc(Oc2ccnc3cc(CN4CC[NH2+]CC4)sc23)c(F)c1. The summed E-state index contributed by atoms with van der Waals surface area (Å²) in [6.45, 7) is 6.99. The monoisotopic (exact) mass is 618 g/mol. The first-order chi connectivity index (χ1) is 21.4. The van der Waals surface area contributed by atoms with E-state index in [4.69, 9.17) is 9.47 Å². The molecule has 9 nitrogen and oxygen atoms in total. The molecule has 0 aliphatic carbocycles. The number of thiophene rings is 1. The van der Waals surface area contributed by atoms with Crippen LogP contribution in [0.4, 0.5) is 14.5 Å². The van der Waals surface area contributed by atoms with E-state index >= 15 is 4.39 Å². The number of benzene rings is 2. The summed E-state index contributed by atoms with van der Waals surface area (Å²) in [5.74, 6) is -1.40. The van der Waals surface area contributed by atoms with Gasteiger partial charge >= 0.3 is 0 Å². The van der Waals surface area contributed by atoms with Gasteiger partial charge in [0.05, 0.1) is 29.9 Å². The van der Waals surface area contributed by atoms with E-state index < -0.39 is 23.1 Å². The molecule has 2 aromatic carbocycles. The number of piperazine rings is 1. The van der Waals surface area contributed by atoms with Gasteiger partial charge in [-0.1, -0.05) is 0 Å². The minimum Gasteiger partial charge on any atom is -0.493 e. The topological polar surface area (TPSA) is 102 Å². The number of halogens is 2. The molecule has 3 N–H and O–H groups in total. The van der Waals surface area contributed by atoms with Crippen LogP contribution >= 0.6 is 11.3 Å². The molecule has 1 aliphatic heterocycles. The minimum absolute atomic E-state index is 0.0228. The Morgan fingerprint density at radius 1 is 1.02 bits per heavy atom. The molecule has 0 spiro atoms. The lowest BCUT2D eigenvalue weighted by atomic mass is 10.2. The van der Waals surface area contributed by atoms with Gasteiger partial charge in [0, 0.05) is 60.4 Å². The van der Waals surface area contributed by atoms with Crippen molar-refractivity contribution in [2.75, 3.05) is 38.1 Å². The number of rotatable bonds is 9. The summed E-state index contributed by atoms with van der Waals surface area (Å²) in [7, 11) is 0. The van der Waals surface area contributed by atoms with Crippen LogP contribution in [0.25, 0.3) is 15.9 Å². The van der Waals surface area contributed by atoms with Crippen molar-refractivity contribution in [3.05, 3.63) is 105 Å². The van der Waals surface area contributed by atoms with Gasteiger partial charge < -0.3 is 20.1 Å². The Kier molecular flexibility index (Phi) is 8.64. The number of amides is 1. The number of hydrogen-bond acceptors (Lipinski definition) is 7. The van der Waals surface area contributed by atoms with Crippen molar-refractivity contribution < 1.29 is 28.4 Å². The van der Waals surface area contributed by atoms with Crippen LogP contribution in [0, 0.1) is 11.6 Å². The molecule has 0 bridgehead atoms. The van der Waals surface area contributed by atoms with Gasteiger partial charge in [0.1, 0.15) is 22.9 Å². The lowest BCUT2D eigenvalue weighted by Gasteiger charge is -2.24. The number of quaternary nitrogens is 1. The predicted octanol–water partition coefficient (Wildman–Crippen LogP) is 4.55. The van der Waals surface area contributed by atoms with E-state index in [-0.39, 0.29) is 29.4 Å². The number of aromatic nitrogens is 2. The lowest BCUT2D eigenvalue weighted by Crippen LogP contribution is -2.89. The quantitative estimate of drug-likeness (QED) is 0.252. The van der Waals surface area contributed by atoms with Crippen LogP contribution in [0.1, 0.15) is 22.2 Å². The zero-order valence-corrected chi connectivity index (χ0v) is 24.7. The Balaban J connectivity index is 1.22. The summed E-state index contributed by atoms with van der Waals surface area (Å²) in [6, 6.07) is 14.5. The van der Waals surface area contributed by atoms with Gasteiger partial charge in [-0.25, -0.2) is 8.78 Å². The molecular formula is C32H30F2N5O4S+. The van der Waals surface area contributed by atoms with Crippen molar-refractivity contribution in [2.24, 2.45) is 0 Å². The van der Waals surface area contributed by atoms with Crippen molar-refractivity contribution in [3.63, 3.8) is 0 Å². The number of carbonyl (C=O) groups excluding carboxylic acids is 1. The molecule has 1 saturated heterocycles. The van der Waals surface area contributed by atoms with Gasteiger partial charge in [-0.3, -0.25) is 24.0 Å². The van der Waals surface area contributed by atoms with Gasteiger partial charge in [-0.05, 0) is 55.5 Å².